The van der Waals surface area contributed by atoms with Crippen LogP contribution >= 0.6 is 0 Å². The average Bonchev–Trinajstić information content (AvgIpc) is 2.51. The van der Waals surface area contributed by atoms with Crippen molar-refractivity contribution >= 4 is 5.97 Å². The first-order chi connectivity index (χ1) is 6.18. The van der Waals surface area contributed by atoms with E-state index in [1.807, 2.05) is 0 Å². The minimum atomic E-state index is -0.855. The predicted molar refractivity (Wildman–Crippen MR) is 45.2 cm³/mol. The third-order valence-electron chi connectivity index (χ3n) is 1.55. The molecule has 0 spiro atoms. The topological polar surface area (TPSA) is 59.7 Å². The molecule has 1 rings (SSSR count). The van der Waals surface area contributed by atoms with Crippen LogP contribution in [0.1, 0.15) is 19.1 Å². The third kappa shape index (κ3) is 3.75. The fraction of sp³-hybridized carbons (Fsp3) is 0.444. The van der Waals surface area contributed by atoms with E-state index >= 15 is 0 Å². The Bertz CT molecular complexity index is 253. The van der Waals surface area contributed by atoms with Gasteiger partial charge in [-0.25, -0.2) is 0 Å². The van der Waals surface area contributed by atoms with E-state index in [9.17, 15) is 4.79 Å². The molecule has 4 nitrogen and oxygen atoms in total. The van der Waals surface area contributed by atoms with E-state index in [0.717, 1.165) is 0 Å². The fourth-order valence-electron chi connectivity index (χ4n) is 0.924. The zero-order valence-corrected chi connectivity index (χ0v) is 7.40. The summed E-state index contributed by atoms with van der Waals surface area (Å²) in [4.78, 5) is 10.3. The van der Waals surface area contributed by atoms with Crippen LogP contribution in [0.5, 0.6) is 0 Å². The van der Waals surface area contributed by atoms with Crippen LogP contribution in [0, 0.1) is 0 Å². The van der Waals surface area contributed by atoms with Gasteiger partial charge in [-0.2, -0.15) is 0 Å². The number of carbonyl (C=O) groups is 1. The van der Waals surface area contributed by atoms with Gasteiger partial charge in [0.2, 0.25) is 0 Å². The number of hydrogen-bond donors (Lipinski definition) is 1. The van der Waals surface area contributed by atoms with E-state index in [1.165, 1.54) is 0 Å². The maximum absolute atomic E-state index is 10.3. The minimum absolute atomic E-state index is 0.0146. The van der Waals surface area contributed by atoms with Crippen LogP contribution in [0.3, 0.4) is 0 Å². The summed E-state index contributed by atoms with van der Waals surface area (Å²) >= 11 is 0. The van der Waals surface area contributed by atoms with Crippen LogP contribution in [-0.2, 0) is 16.1 Å². The molecule has 0 fully saturated rings. The molecule has 4 heteroatoms. The predicted octanol–water partition coefficient (Wildman–Crippen LogP) is 1.66. The van der Waals surface area contributed by atoms with Crippen molar-refractivity contribution in [2.45, 2.75) is 26.1 Å². The summed E-state index contributed by atoms with van der Waals surface area (Å²) in [6.07, 6.45) is 1.28. The molecule has 0 saturated carbocycles. The Hall–Kier alpha value is -1.29. The van der Waals surface area contributed by atoms with Crippen molar-refractivity contribution in [3.8, 4) is 0 Å². The van der Waals surface area contributed by atoms with E-state index in [-0.39, 0.29) is 12.5 Å². The summed E-state index contributed by atoms with van der Waals surface area (Å²) in [5, 5.41) is 8.44. The van der Waals surface area contributed by atoms with Crippen molar-refractivity contribution in [2.24, 2.45) is 0 Å². The van der Waals surface area contributed by atoms with E-state index in [4.69, 9.17) is 14.3 Å². The van der Waals surface area contributed by atoms with Crippen molar-refractivity contribution in [3.63, 3.8) is 0 Å². The van der Waals surface area contributed by atoms with Gasteiger partial charge >= 0.3 is 5.97 Å². The van der Waals surface area contributed by atoms with Crippen LogP contribution < -0.4 is 0 Å². The second-order valence-corrected chi connectivity index (χ2v) is 2.80. The zero-order chi connectivity index (χ0) is 9.68. The van der Waals surface area contributed by atoms with Crippen LogP contribution in [-0.4, -0.2) is 17.2 Å². The summed E-state index contributed by atoms with van der Waals surface area (Å²) < 4.78 is 10.2. The number of aliphatic carboxylic acids is 1. The highest BCUT2D eigenvalue weighted by Crippen LogP contribution is 2.05. The lowest BCUT2D eigenvalue weighted by atomic mass is 10.3. The highest BCUT2D eigenvalue weighted by atomic mass is 16.5. The van der Waals surface area contributed by atoms with Gasteiger partial charge in [0.25, 0.3) is 0 Å². The first kappa shape index (κ1) is 9.80. The molecule has 0 unspecified atom stereocenters. The summed E-state index contributed by atoms with van der Waals surface area (Å²) in [5.74, 6) is -0.149. The number of ether oxygens (including phenoxy) is 1. The Balaban J connectivity index is 2.22. The molecule has 0 aliphatic heterocycles. The molecule has 1 aromatic rings. The smallest absolute Gasteiger partial charge is 0.305 e. The summed E-state index contributed by atoms with van der Waals surface area (Å²) in [6, 6.07) is 3.55. The second-order valence-electron chi connectivity index (χ2n) is 2.80. The lowest BCUT2D eigenvalue weighted by molar-refractivity contribution is -0.140. The highest BCUT2D eigenvalue weighted by molar-refractivity contribution is 5.67. The standard InChI is InChI=1S/C9H12O4/c1-7(5-9(10)11)13-6-8-3-2-4-12-8/h2-4,7H,5-6H2,1H3,(H,10,11)/t7-/m1/s1. The lowest BCUT2D eigenvalue weighted by Crippen LogP contribution is -2.13. The minimum Gasteiger partial charge on any atom is -0.481 e. The first-order valence-electron chi connectivity index (χ1n) is 4.04. The second kappa shape index (κ2) is 4.67. The number of rotatable bonds is 5. The zero-order valence-electron chi connectivity index (χ0n) is 7.40. The van der Waals surface area contributed by atoms with Gasteiger partial charge < -0.3 is 14.3 Å². The molecule has 0 radical (unpaired) electrons. The molecule has 1 N–H and O–H groups in total. The van der Waals surface area contributed by atoms with Gasteiger partial charge in [0, 0.05) is 0 Å². The Labute approximate surface area is 76.1 Å². The maximum Gasteiger partial charge on any atom is 0.305 e. The van der Waals surface area contributed by atoms with Crippen LogP contribution in [0.25, 0.3) is 0 Å². The largest absolute Gasteiger partial charge is 0.481 e. The molecule has 13 heavy (non-hydrogen) atoms. The quantitative estimate of drug-likeness (QED) is 0.756. The van der Waals surface area contributed by atoms with Crippen LogP contribution in [0.15, 0.2) is 22.8 Å². The molecule has 1 atom stereocenters. The Morgan fingerprint density at radius 2 is 2.54 bits per heavy atom. The Morgan fingerprint density at radius 3 is 3.08 bits per heavy atom. The van der Waals surface area contributed by atoms with Gasteiger partial charge in [-0.3, -0.25) is 4.79 Å². The number of hydrogen-bond acceptors (Lipinski definition) is 3. The molecule has 0 bridgehead atoms. The Morgan fingerprint density at radius 1 is 1.77 bits per heavy atom. The van der Waals surface area contributed by atoms with Gasteiger partial charge in [-0.05, 0) is 19.1 Å². The molecule has 1 aromatic heterocycles. The number of furan rings is 1. The first-order valence-corrected chi connectivity index (χ1v) is 4.04. The van der Waals surface area contributed by atoms with Gasteiger partial charge in [0.15, 0.2) is 0 Å². The van der Waals surface area contributed by atoms with E-state index in [1.54, 1.807) is 25.3 Å². The number of carboxylic acids is 1. The lowest BCUT2D eigenvalue weighted by Gasteiger charge is -2.08. The van der Waals surface area contributed by atoms with E-state index < -0.39 is 5.97 Å². The SMILES string of the molecule is C[C@H](CC(=O)O)OCc1ccco1. The molecule has 0 aliphatic carbocycles. The molecule has 0 aromatic carbocycles. The molecular weight excluding hydrogens is 172 g/mol. The maximum atomic E-state index is 10.3. The third-order valence-corrected chi connectivity index (χ3v) is 1.55. The number of carboxylic acid groups (broad SMARTS) is 1. The monoisotopic (exact) mass is 184 g/mol. The van der Waals surface area contributed by atoms with E-state index in [0.29, 0.717) is 12.4 Å². The molecule has 0 saturated heterocycles. The van der Waals surface area contributed by atoms with Crippen molar-refractivity contribution in [2.75, 3.05) is 0 Å². The average molecular weight is 184 g/mol. The normalized spacial score (nSPS) is 12.7. The van der Waals surface area contributed by atoms with E-state index in [2.05, 4.69) is 0 Å². The summed E-state index contributed by atoms with van der Waals surface area (Å²) in [7, 11) is 0. The van der Waals surface area contributed by atoms with Gasteiger partial charge in [0.05, 0.1) is 18.8 Å². The van der Waals surface area contributed by atoms with Gasteiger partial charge in [0.1, 0.15) is 12.4 Å². The summed E-state index contributed by atoms with van der Waals surface area (Å²) in [6.45, 7) is 2.04. The van der Waals surface area contributed by atoms with Crippen LogP contribution in [0.2, 0.25) is 0 Å². The molecule has 72 valence electrons. The van der Waals surface area contributed by atoms with Crippen molar-refractivity contribution < 1.29 is 19.1 Å². The fourth-order valence-corrected chi connectivity index (χ4v) is 0.924. The molecule has 0 aliphatic rings. The van der Waals surface area contributed by atoms with Gasteiger partial charge in [-0.1, -0.05) is 0 Å². The highest BCUT2D eigenvalue weighted by Gasteiger charge is 2.08. The van der Waals surface area contributed by atoms with Gasteiger partial charge in [-0.15, -0.1) is 0 Å². The summed E-state index contributed by atoms with van der Waals surface area (Å²) in [5.41, 5.74) is 0. The van der Waals surface area contributed by atoms with Crippen molar-refractivity contribution in [1.29, 1.82) is 0 Å². The molecule has 0 amide bonds. The van der Waals surface area contributed by atoms with Crippen molar-refractivity contribution in [3.05, 3.63) is 24.2 Å². The molecule has 1 heterocycles. The molecular formula is C9H12O4. The van der Waals surface area contributed by atoms with Crippen LogP contribution in [0.4, 0.5) is 0 Å². The Kier molecular flexibility index (Phi) is 3.52. The van der Waals surface area contributed by atoms with Crippen molar-refractivity contribution in [1.82, 2.24) is 0 Å².